The largest absolute Gasteiger partial charge is 0.508 e. The molecule has 1 aromatic heterocycles. The molecule has 14 nitrogen and oxygen atoms in total. The van der Waals surface area contributed by atoms with Crippen molar-refractivity contribution in [3.8, 4) is 5.75 Å². The molecule has 10 N–H and O–H groups in total. The van der Waals surface area contributed by atoms with Gasteiger partial charge >= 0.3 is 11.9 Å². The van der Waals surface area contributed by atoms with Gasteiger partial charge < -0.3 is 47.1 Å². The zero-order valence-electron chi connectivity index (χ0n) is 21.7. The number of carboxylic acids is 2. The third-order valence-corrected chi connectivity index (χ3v) is 6.27. The molecule has 0 saturated heterocycles. The van der Waals surface area contributed by atoms with Crippen LogP contribution in [0.15, 0.2) is 54.7 Å². The Balaban J connectivity index is 1.71. The van der Waals surface area contributed by atoms with E-state index >= 15 is 0 Å². The maximum atomic E-state index is 13.0. The summed E-state index contributed by atoms with van der Waals surface area (Å²) in [5.41, 5.74) is 8.15. The van der Waals surface area contributed by atoms with Gasteiger partial charge in [0.25, 0.3) is 0 Å². The molecule has 0 saturated carbocycles. The number of rotatable bonds is 14. The van der Waals surface area contributed by atoms with E-state index < -0.39 is 66.9 Å². The van der Waals surface area contributed by atoms with Crippen LogP contribution >= 0.6 is 0 Å². The minimum Gasteiger partial charge on any atom is -0.508 e. The minimum atomic E-state index is -1.78. The van der Waals surface area contributed by atoms with Crippen LogP contribution in [0, 0.1) is 0 Å². The summed E-state index contributed by atoms with van der Waals surface area (Å²) in [5.74, 6) is -5.85. The quantitative estimate of drug-likeness (QED) is 0.114. The highest BCUT2D eigenvalue weighted by molar-refractivity contribution is 5.95. The fourth-order valence-electron chi connectivity index (χ4n) is 4.10. The van der Waals surface area contributed by atoms with Gasteiger partial charge in [0.1, 0.15) is 23.9 Å². The zero-order chi connectivity index (χ0) is 30.1. The molecule has 3 rings (SSSR count). The third-order valence-electron chi connectivity index (χ3n) is 6.27. The van der Waals surface area contributed by atoms with Crippen LogP contribution in [0.3, 0.4) is 0 Å². The van der Waals surface area contributed by atoms with E-state index in [1.54, 1.807) is 6.20 Å². The van der Waals surface area contributed by atoms with Gasteiger partial charge in [0, 0.05) is 23.5 Å². The number of benzene rings is 2. The summed E-state index contributed by atoms with van der Waals surface area (Å²) in [6, 6.07) is 7.19. The van der Waals surface area contributed by atoms with Crippen LogP contribution in [0.1, 0.15) is 17.5 Å². The first-order chi connectivity index (χ1) is 19.5. The van der Waals surface area contributed by atoms with Crippen LogP contribution in [0.25, 0.3) is 10.9 Å². The number of aliphatic hydroxyl groups excluding tert-OH is 1. The van der Waals surface area contributed by atoms with Gasteiger partial charge in [-0.1, -0.05) is 30.3 Å². The Morgan fingerprint density at radius 3 is 2.05 bits per heavy atom. The van der Waals surface area contributed by atoms with Crippen molar-refractivity contribution in [2.45, 2.75) is 43.4 Å². The molecule has 0 radical (unpaired) electrons. The minimum absolute atomic E-state index is 0.0572. The lowest BCUT2D eigenvalue weighted by atomic mass is 10.0. The van der Waals surface area contributed by atoms with Crippen LogP contribution < -0.4 is 21.7 Å². The molecule has 4 unspecified atom stereocenters. The first-order valence-corrected chi connectivity index (χ1v) is 12.5. The third kappa shape index (κ3) is 8.52. The molecule has 2 aromatic carbocycles. The number of phenols is 1. The van der Waals surface area contributed by atoms with Crippen molar-refractivity contribution in [3.05, 3.63) is 65.9 Å². The molecule has 14 heteroatoms. The predicted molar refractivity (Wildman–Crippen MR) is 145 cm³/mol. The van der Waals surface area contributed by atoms with Crippen molar-refractivity contribution in [1.82, 2.24) is 20.9 Å². The number of aromatic hydroxyl groups is 1. The van der Waals surface area contributed by atoms with Gasteiger partial charge in [0.05, 0.1) is 19.1 Å². The standard InChI is InChI=1S/C27H31N5O9/c28-18(10-15-12-29-19-4-2-1-3-17(15)19)24(37)32-22(13-33)26(39)30-20(9-14-5-7-16(34)8-6-14)25(38)31-21(27(40)41)11-23(35)36/h1-8,12,18,20-22,29,33-34H,9-11,13,28H2,(H,30,39)(H,31,38)(H,32,37)(H,35,36)(H,40,41). The number of amides is 3. The van der Waals surface area contributed by atoms with Crippen LogP contribution in [0.2, 0.25) is 0 Å². The maximum absolute atomic E-state index is 13.0. The molecule has 3 amide bonds. The van der Waals surface area contributed by atoms with Gasteiger partial charge in [-0.2, -0.15) is 0 Å². The summed E-state index contributed by atoms with van der Waals surface area (Å²) >= 11 is 0. The second-order valence-corrected chi connectivity index (χ2v) is 9.34. The topological polar surface area (TPSA) is 244 Å². The Hall–Kier alpha value is -4.95. The average Bonchev–Trinajstić information content (AvgIpc) is 3.34. The number of carboxylic acid groups (broad SMARTS) is 2. The van der Waals surface area contributed by atoms with Crippen molar-refractivity contribution >= 4 is 40.6 Å². The first kappa shape index (κ1) is 30.6. The van der Waals surface area contributed by atoms with E-state index in [4.69, 9.17) is 10.8 Å². The van der Waals surface area contributed by atoms with Crippen molar-refractivity contribution in [2.24, 2.45) is 5.73 Å². The van der Waals surface area contributed by atoms with Crippen molar-refractivity contribution < 1.29 is 44.4 Å². The number of hydrogen-bond donors (Lipinski definition) is 9. The number of carbonyl (C=O) groups is 5. The van der Waals surface area contributed by atoms with Gasteiger partial charge in [-0.05, 0) is 35.7 Å². The zero-order valence-corrected chi connectivity index (χ0v) is 21.7. The summed E-state index contributed by atoms with van der Waals surface area (Å²) in [6.07, 6.45) is 0.741. The Morgan fingerprint density at radius 1 is 0.805 bits per heavy atom. The molecule has 0 fully saturated rings. The molecule has 4 atom stereocenters. The number of phenolic OH excluding ortho intramolecular Hbond substituents is 1. The van der Waals surface area contributed by atoms with Crippen molar-refractivity contribution in [1.29, 1.82) is 0 Å². The number of H-pyrrole nitrogens is 1. The second-order valence-electron chi connectivity index (χ2n) is 9.34. The summed E-state index contributed by atoms with van der Waals surface area (Å²) in [5, 5.41) is 45.3. The number of nitrogens with two attached hydrogens (primary N) is 1. The molecular formula is C27H31N5O9. The highest BCUT2D eigenvalue weighted by atomic mass is 16.4. The smallest absolute Gasteiger partial charge is 0.326 e. The molecule has 0 aliphatic carbocycles. The molecular weight excluding hydrogens is 538 g/mol. The van der Waals surface area contributed by atoms with Crippen LogP contribution in [-0.2, 0) is 36.8 Å². The Kier molecular flexibility index (Phi) is 10.4. The number of aromatic nitrogens is 1. The summed E-state index contributed by atoms with van der Waals surface area (Å²) in [7, 11) is 0. The molecule has 0 aliphatic rings. The molecule has 0 aliphatic heterocycles. The lowest BCUT2D eigenvalue weighted by molar-refractivity contribution is -0.147. The van der Waals surface area contributed by atoms with Crippen molar-refractivity contribution in [2.75, 3.05) is 6.61 Å². The molecule has 218 valence electrons. The number of aromatic amines is 1. The Bertz CT molecular complexity index is 1410. The van der Waals surface area contributed by atoms with Gasteiger partial charge in [-0.3, -0.25) is 19.2 Å². The van der Waals surface area contributed by atoms with Gasteiger partial charge in [0.2, 0.25) is 17.7 Å². The highest BCUT2D eigenvalue weighted by Gasteiger charge is 2.31. The Labute approximate surface area is 233 Å². The number of aliphatic carboxylic acids is 2. The van der Waals surface area contributed by atoms with Gasteiger partial charge in [-0.15, -0.1) is 0 Å². The van der Waals surface area contributed by atoms with Gasteiger partial charge in [-0.25, -0.2) is 4.79 Å². The summed E-state index contributed by atoms with van der Waals surface area (Å²) in [6.45, 7) is -0.846. The molecule has 1 heterocycles. The van der Waals surface area contributed by atoms with Crippen LogP contribution in [0.5, 0.6) is 5.75 Å². The lowest BCUT2D eigenvalue weighted by Gasteiger charge is -2.24. The van der Waals surface area contributed by atoms with Crippen LogP contribution in [0.4, 0.5) is 0 Å². The number of carbonyl (C=O) groups excluding carboxylic acids is 3. The summed E-state index contributed by atoms with van der Waals surface area (Å²) in [4.78, 5) is 64.3. The van der Waals surface area contributed by atoms with E-state index in [0.717, 1.165) is 16.5 Å². The van der Waals surface area contributed by atoms with Crippen LogP contribution in [-0.4, -0.2) is 85.8 Å². The SMILES string of the molecule is NC(Cc1c[nH]c2ccccc12)C(=O)NC(CO)C(=O)NC(Cc1ccc(O)cc1)C(=O)NC(CC(=O)O)C(=O)O. The number of fused-ring (bicyclic) bond motifs is 1. The summed E-state index contributed by atoms with van der Waals surface area (Å²) < 4.78 is 0. The first-order valence-electron chi connectivity index (χ1n) is 12.5. The number of nitrogens with one attached hydrogen (secondary N) is 4. The Morgan fingerprint density at radius 2 is 1.41 bits per heavy atom. The fourth-order valence-corrected chi connectivity index (χ4v) is 4.10. The van der Waals surface area contributed by atoms with Crippen molar-refractivity contribution in [3.63, 3.8) is 0 Å². The molecule has 3 aromatic rings. The number of hydrogen-bond acceptors (Lipinski definition) is 8. The average molecular weight is 570 g/mol. The van der Waals surface area contributed by atoms with Gasteiger partial charge in [0.15, 0.2) is 0 Å². The number of para-hydroxylation sites is 1. The maximum Gasteiger partial charge on any atom is 0.326 e. The van der Waals surface area contributed by atoms with E-state index in [1.807, 2.05) is 24.3 Å². The molecule has 41 heavy (non-hydrogen) atoms. The normalized spacial score (nSPS) is 13.9. The van der Waals surface area contributed by atoms with E-state index in [-0.39, 0.29) is 18.6 Å². The van der Waals surface area contributed by atoms with E-state index in [9.17, 15) is 39.3 Å². The second kappa shape index (κ2) is 13.9. The van der Waals surface area contributed by atoms with E-state index in [2.05, 4.69) is 20.9 Å². The molecule has 0 spiro atoms. The monoisotopic (exact) mass is 569 g/mol. The fraction of sp³-hybridized carbons (Fsp3) is 0.296. The predicted octanol–water partition coefficient (Wildman–Crippen LogP) is -1.01. The van der Waals surface area contributed by atoms with E-state index in [0.29, 0.717) is 5.56 Å². The molecule has 0 bridgehead atoms. The number of aliphatic hydroxyl groups is 1. The lowest BCUT2D eigenvalue weighted by Crippen LogP contribution is -2.58. The highest BCUT2D eigenvalue weighted by Crippen LogP contribution is 2.19. The van der Waals surface area contributed by atoms with E-state index in [1.165, 1.54) is 24.3 Å².